The number of rotatable bonds is 6. The molecule has 1 aliphatic rings. The Morgan fingerprint density at radius 3 is 2.92 bits per heavy atom. The number of aromatic amines is 1. The fraction of sp³-hybridized carbons (Fsp3) is 0.259. The molecule has 0 radical (unpaired) electrons. The Morgan fingerprint density at radius 1 is 1.31 bits per heavy atom. The maximum Gasteiger partial charge on any atom is 0.256 e. The second kappa shape index (κ2) is 10.2. The number of β-amino-alcohol motifs (C(OH)–C–C–N with tert-alkyl or cyclic N) is 1. The largest absolute Gasteiger partial charge is 0.492 e. The summed E-state index contributed by atoms with van der Waals surface area (Å²) in [7, 11) is 0. The normalized spacial score (nSPS) is 17.6. The summed E-state index contributed by atoms with van der Waals surface area (Å²) in [6, 6.07) is 9.35. The van der Waals surface area contributed by atoms with Gasteiger partial charge in [0.05, 0.1) is 52.6 Å². The first-order chi connectivity index (χ1) is 18.9. The molecular formula is C27H25ClFN7O3. The highest BCUT2D eigenvalue weighted by atomic mass is 35.5. The van der Waals surface area contributed by atoms with Crippen LogP contribution < -0.4 is 15.0 Å². The Hall–Kier alpha value is -4.22. The maximum atomic E-state index is 14.1. The molecular weight excluding hydrogens is 525 g/mol. The van der Waals surface area contributed by atoms with Crippen LogP contribution in [0.4, 0.5) is 10.2 Å². The van der Waals surface area contributed by atoms with Crippen LogP contribution in [0, 0.1) is 5.82 Å². The molecule has 0 aliphatic carbocycles. The fourth-order valence-corrected chi connectivity index (χ4v) is 5.25. The molecule has 3 N–H and O–H groups in total. The Balaban J connectivity index is 1.20. The molecule has 5 heterocycles. The van der Waals surface area contributed by atoms with E-state index < -0.39 is 23.9 Å². The molecule has 1 amide bonds. The van der Waals surface area contributed by atoms with Gasteiger partial charge in [0, 0.05) is 30.4 Å². The van der Waals surface area contributed by atoms with Gasteiger partial charge in [-0.15, -0.1) is 5.10 Å². The molecule has 10 nitrogen and oxygen atoms in total. The molecule has 1 aromatic carbocycles. The maximum absolute atomic E-state index is 14.1. The average molecular weight is 550 g/mol. The summed E-state index contributed by atoms with van der Waals surface area (Å²) in [6.45, 7) is 3.25. The number of ether oxygens (including phenoxy) is 1. The van der Waals surface area contributed by atoms with Crippen LogP contribution in [-0.2, 0) is 0 Å². The first-order valence-electron chi connectivity index (χ1n) is 12.6. The summed E-state index contributed by atoms with van der Waals surface area (Å²) < 4.78 is 21.7. The van der Waals surface area contributed by atoms with E-state index in [-0.39, 0.29) is 17.1 Å². The van der Waals surface area contributed by atoms with Crippen molar-refractivity contribution in [3.63, 3.8) is 0 Å². The van der Waals surface area contributed by atoms with Crippen molar-refractivity contribution in [2.45, 2.75) is 25.5 Å². The number of benzene rings is 1. The van der Waals surface area contributed by atoms with Crippen LogP contribution in [0.1, 0.15) is 23.7 Å². The molecule has 0 bridgehead atoms. The first kappa shape index (κ1) is 25.1. The predicted molar refractivity (Wildman–Crippen MR) is 145 cm³/mol. The van der Waals surface area contributed by atoms with Crippen LogP contribution in [0.15, 0.2) is 55.0 Å². The van der Waals surface area contributed by atoms with Crippen LogP contribution in [0.25, 0.3) is 27.7 Å². The van der Waals surface area contributed by atoms with Gasteiger partial charge in [-0.1, -0.05) is 17.7 Å². The summed E-state index contributed by atoms with van der Waals surface area (Å²) >= 11 is 6.02. The molecule has 200 valence electrons. The topological polar surface area (TPSA) is 121 Å². The van der Waals surface area contributed by atoms with E-state index in [1.807, 2.05) is 36.2 Å². The van der Waals surface area contributed by atoms with Crippen molar-refractivity contribution < 1.29 is 19.0 Å². The minimum Gasteiger partial charge on any atom is -0.492 e. The number of carbonyl (C=O) groups excluding carboxylic acids is 1. The van der Waals surface area contributed by atoms with E-state index in [4.69, 9.17) is 16.3 Å². The van der Waals surface area contributed by atoms with Crippen molar-refractivity contribution in [2.24, 2.45) is 0 Å². The molecule has 1 aliphatic heterocycles. The van der Waals surface area contributed by atoms with Gasteiger partial charge in [-0.3, -0.25) is 9.89 Å². The predicted octanol–water partition coefficient (Wildman–Crippen LogP) is 3.83. The van der Waals surface area contributed by atoms with Crippen molar-refractivity contribution in [1.29, 1.82) is 0 Å². The molecule has 12 heteroatoms. The van der Waals surface area contributed by atoms with E-state index in [1.54, 1.807) is 16.9 Å². The number of piperidine rings is 1. The van der Waals surface area contributed by atoms with E-state index in [9.17, 15) is 14.3 Å². The number of aliphatic hydroxyl groups is 1. The number of nitrogens with one attached hydrogen (secondary N) is 2. The van der Waals surface area contributed by atoms with Crippen molar-refractivity contribution in [2.75, 3.05) is 24.6 Å². The smallest absolute Gasteiger partial charge is 0.256 e. The Bertz CT molecular complexity index is 1650. The van der Waals surface area contributed by atoms with Gasteiger partial charge in [0.1, 0.15) is 17.4 Å². The molecule has 1 saturated heterocycles. The minimum absolute atomic E-state index is 0.0252. The van der Waals surface area contributed by atoms with E-state index in [2.05, 4.69) is 25.6 Å². The summed E-state index contributed by atoms with van der Waals surface area (Å²) in [5, 5.41) is 26.0. The van der Waals surface area contributed by atoms with Gasteiger partial charge in [-0.05, 0) is 43.7 Å². The molecule has 39 heavy (non-hydrogen) atoms. The number of nitrogens with zero attached hydrogens (tertiary/aromatic N) is 5. The van der Waals surface area contributed by atoms with Crippen LogP contribution in [-0.4, -0.2) is 67.7 Å². The summed E-state index contributed by atoms with van der Waals surface area (Å²) in [4.78, 5) is 19.3. The van der Waals surface area contributed by atoms with Crippen molar-refractivity contribution >= 4 is 39.9 Å². The molecule has 0 spiro atoms. The third-order valence-corrected chi connectivity index (χ3v) is 7.20. The SMILES string of the molecule is CCOc1cc(-c2ccc(N3CC[C@H](NC(=O)c4c(F)cccc4Cl)[C@H](O)C3)nc2)c2c3cn[nH]c3nn2c1. The fourth-order valence-electron chi connectivity index (χ4n) is 5.00. The van der Waals surface area contributed by atoms with Gasteiger partial charge < -0.3 is 20.1 Å². The lowest BCUT2D eigenvalue weighted by Gasteiger charge is -2.37. The quantitative estimate of drug-likeness (QED) is 0.294. The number of carbonyl (C=O) groups is 1. The molecule has 5 aromatic rings. The summed E-state index contributed by atoms with van der Waals surface area (Å²) in [5.74, 6) is 0.0276. The Morgan fingerprint density at radius 2 is 2.18 bits per heavy atom. The third kappa shape index (κ3) is 4.64. The van der Waals surface area contributed by atoms with Gasteiger partial charge in [0.25, 0.3) is 5.91 Å². The zero-order chi connectivity index (χ0) is 27.1. The lowest BCUT2D eigenvalue weighted by molar-refractivity contribution is 0.0794. The highest BCUT2D eigenvalue weighted by Crippen LogP contribution is 2.33. The lowest BCUT2D eigenvalue weighted by atomic mass is 10.0. The second-order valence-electron chi connectivity index (χ2n) is 9.33. The van der Waals surface area contributed by atoms with Crippen molar-refractivity contribution in [3.8, 4) is 16.9 Å². The van der Waals surface area contributed by atoms with Gasteiger partial charge in [0.2, 0.25) is 0 Å². The number of amides is 1. The third-order valence-electron chi connectivity index (χ3n) is 6.88. The molecule has 1 fully saturated rings. The first-order valence-corrected chi connectivity index (χ1v) is 12.9. The number of anilines is 1. The second-order valence-corrected chi connectivity index (χ2v) is 9.74. The molecule has 4 aromatic heterocycles. The molecule has 0 unspecified atom stereocenters. The number of hydrogen-bond acceptors (Lipinski definition) is 7. The van der Waals surface area contributed by atoms with Crippen LogP contribution in [0.5, 0.6) is 5.75 Å². The van der Waals surface area contributed by atoms with Crippen molar-refractivity contribution in [1.82, 2.24) is 30.1 Å². The van der Waals surface area contributed by atoms with Gasteiger partial charge in [-0.2, -0.15) is 5.10 Å². The van der Waals surface area contributed by atoms with Gasteiger partial charge in [-0.25, -0.2) is 13.9 Å². The van der Waals surface area contributed by atoms with Crippen LogP contribution in [0.3, 0.4) is 0 Å². The zero-order valence-electron chi connectivity index (χ0n) is 20.9. The Labute approximate surface area is 227 Å². The standard InChI is InChI=1S/C27H25ClFN7O3/c1-2-39-16-10-17(25-18-12-31-33-26(18)34-36(25)13-16)15-6-7-23(30-11-15)35-9-8-21(22(37)14-35)32-27(38)24-19(28)4-3-5-20(24)29/h3-7,10-13,21-22,37H,2,8-9,14H2,1H3,(H,32,38)(H,33,34)/t21-,22+/m0/s1. The summed E-state index contributed by atoms with van der Waals surface area (Å²) in [5.41, 5.74) is 3.11. The highest BCUT2D eigenvalue weighted by molar-refractivity contribution is 6.33. The number of fused-ring (bicyclic) bond motifs is 3. The number of halogens is 2. The number of hydrogen-bond donors (Lipinski definition) is 3. The zero-order valence-corrected chi connectivity index (χ0v) is 21.7. The minimum atomic E-state index is -0.876. The number of aromatic nitrogens is 5. The van der Waals surface area contributed by atoms with E-state index in [0.717, 1.165) is 22.0 Å². The van der Waals surface area contributed by atoms with Gasteiger partial charge >= 0.3 is 0 Å². The number of pyridine rings is 2. The average Bonchev–Trinajstić information content (AvgIpc) is 3.51. The van der Waals surface area contributed by atoms with Crippen molar-refractivity contribution in [3.05, 3.63) is 71.4 Å². The monoisotopic (exact) mass is 549 g/mol. The van der Waals surface area contributed by atoms with E-state index in [0.29, 0.717) is 36.8 Å². The van der Waals surface area contributed by atoms with Crippen LogP contribution in [0.2, 0.25) is 5.02 Å². The number of H-pyrrole nitrogens is 1. The van der Waals surface area contributed by atoms with Gasteiger partial charge in [0.15, 0.2) is 5.65 Å². The molecule has 6 rings (SSSR count). The summed E-state index contributed by atoms with van der Waals surface area (Å²) in [6.07, 6.45) is 4.93. The lowest BCUT2D eigenvalue weighted by Crippen LogP contribution is -2.54. The molecule has 2 atom stereocenters. The Kier molecular flexibility index (Phi) is 6.53. The van der Waals surface area contributed by atoms with E-state index >= 15 is 0 Å². The molecule has 0 saturated carbocycles. The van der Waals surface area contributed by atoms with Crippen LogP contribution >= 0.6 is 11.6 Å². The van der Waals surface area contributed by atoms with E-state index in [1.165, 1.54) is 18.2 Å². The highest BCUT2D eigenvalue weighted by Gasteiger charge is 2.31. The number of aliphatic hydroxyl groups excluding tert-OH is 1.